The number of rotatable bonds is 5. The van der Waals surface area contributed by atoms with Gasteiger partial charge in [0.2, 0.25) is 5.91 Å². The first kappa shape index (κ1) is 15.7. The number of carbonyl (C=O) groups is 1. The van der Waals surface area contributed by atoms with Gasteiger partial charge in [0.25, 0.3) is 0 Å². The Bertz CT molecular complexity index is 479. The smallest absolute Gasteiger partial charge is 0.225 e. The molecular formula is C17H26N2O2. The highest BCUT2D eigenvalue weighted by atomic mass is 16.5. The van der Waals surface area contributed by atoms with Crippen LogP contribution < -0.4 is 10.5 Å². The van der Waals surface area contributed by atoms with Gasteiger partial charge in [0, 0.05) is 24.8 Å². The van der Waals surface area contributed by atoms with Crippen molar-refractivity contribution in [2.24, 2.45) is 5.41 Å². The summed E-state index contributed by atoms with van der Waals surface area (Å²) in [6.45, 7) is 6.71. The second-order valence-corrected chi connectivity index (χ2v) is 6.22. The predicted molar refractivity (Wildman–Crippen MR) is 85.2 cm³/mol. The Morgan fingerprint density at radius 1 is 1.38 bits per heavy atom. The zero-order chi connectivity index (χ0) is 15.3. The Morgan fingerprint density at radius 3 is 2.71 bits per heavy atom. The SMILES string of the molecule is CCC1(C)CCN(C(=O)CCOc2cccc(N)c2)CC1. The molecule has 116 valence electrons. The van der Waals surface area contributed by atoms with Gasteiger partial charge in [-0.05, 0) is 30.4 Å². The first-order valence-corrected chi connectivity index (χ1v) is 7.78. The largest absolute Gasteiger partial charge is 0.493 e. The van der Waals surface area contributed by atoms with E-state index in [0.29, 0.717) is 24.1 Å². The Hall–Kier alpha value is -1.71. The fourth-order valence-corrected chi connectivity index (χ4v) is 2.67. The van der Waals surface area contributed by atoms with E-state index in [1.165, 1.54) is 6.42 Å². The topological polar surface area (TPSA) is 55.6 Å². The molecule has 1 aliphatic rings. The van der Waals surface area contributed by atoms with Crippen LogP contribution in [0.3, 0.4) is 0 Å². The zero-order valence-electron chi connectivity index (χ0n) is 13.1. The molecular weight excluding hydrogens is 264 g/mol. The van der Waals surface area contributed by atoms with Gasteiger partial charge in [0.1, 0.15) is 5.75 Å². The summed E-state index contributed by atoms with van der Waals surface area (Å²) < 4.78 is 5.58. The van der Waals surface area contributed by atoms with E-state index in [2.05, 4.69) is 13.8 Å². The van der Waals surface area contributed by atoms with Gasteiger partial charge in [-0.2, -0.15) is 0 Å². The number of benzene rings is 1. The molecule has 4 heteroatoms. The van der Waals surface area contributed by atoms with E-state index in [-0.39, 0.29) is 5.91 Å². The maximum atomic E-state index is 12.2. The molecule has 0 radical (unpaired) electrons. The number of nitrogen functional groups attached to an aromatic ring is 1. The van der Waals surface area contributed by atoms with Crippen molar-refractivity contribution >= 4 is 11.6 Å². The molecule has 2 N–H and O–H groups in total. The molecule has 0 bridgehead atoms. The molecule has 21 heavy (non-hydrogen) atoms. The summed E-state index contributed by atoms with van der Waals surface area (Å²) in [7, 11) is 0. The first-order valence-electron chi connectivity index (χ1n) is 7.78. The third kappa shape index (κ3) is 4.38. The Morgan fingerprint density at radius 2 is 2.10 bits per heavy atom. The summed E-state index contributed by atoms with van der Waals surface area (Å²) in [5.74, 6) is 0.914. The molecule has 0 unspecified atom stereocenters. The van der Waals surface area contributed by atoms with Crippen LogP contribution in [0.2, 0.25) is 0 Å². The molecule has 0 saturated carbocycles. The van der Waals surface area contributed by atoms with Crippen molar-refractivity contribution in [3.8, 4) is 5.75 Å². The summed E-state index contributed by atoms with van der Waals surface area (Å²) in [4.78, 5) is 14.1. The number of likely N-dealkylation sites (tertiary alicyclic amines) is 1. The maximum Gasteiger partial charge on any atom is 0.225 e. The number of amides is 1. The molecule has 4 nitrogen and oxygen atoms in total. The second-order valence-electron chi connectivity index (χ2n) is 6.22. The number of hydrogen-bond donors (Lipinski definition) is 1. The highest BCUT2D eigenvalue weighted by Gasteiger charge is 2.29. The van der Waals surface area contributed by atoms with Gasteiger partial charge in [-0.25, -0.2) is 0 Å². The number of ether oxygens (including phenoxy) is 1. The van der Waals surface area contributed by atoms with Crippen LogP contribution >= 0.6 is 0 Å². The van der Waals surface area contributed by atoms with Crippen molar-refractivity contribution in [1.82, 2.24) is 4.90 Å². The quantitative estimate of drug-likeness (QED) is 0.848. The molecule has 0 atom stereocenters. The lowest BCUT2D eigenvalue weighted by Gasteiger charge is -2.39. The van der Waals surface area contributed by atoms with Crippen LogP contribution in [0, 0.1) is 5.41 Å². The lowest BCUT2D eigenvalue weighted by atomic mass is 9.78. The summed E-state index contributed by atoms with van der Waals surface area (Å²) in [6, 6.07) is 7.30. The van der Waals surface area contributed by atoms with Crippen LogP contribution in [0.5, 0.6) is 5.75 Å². The average molecular weight is 290 g/mol. The van der Waals surface area contributed by atoms with E-state index in [1.807, 2.05) is 23.1 Å². The van der Waals surface area contributed by atoms with Crippen LogP contribution in [-0.4, -0.2) is 30.5 Å². The minimum Gasteiger partial charge on any atom is -0.493 e. The third-order valence-electron chi connectivity index (χ3n) is 4.62. The van der Waals surface area contributed by atoms with Gasteiger partial charge in [-0.3, -0.25) is 4.79 Å². The zero-order valence-corrected chi connectivity index (χ0v) is 13.1. The van der Waals surface area contributed by atoms with E-state index < -0.39 is 0 Å². The van der Waals surface area contributed by atoms with Gasteiger partial charge in [-0.1, -0.05) is 26.3 Å². The standard InChI is InChI=1S/C17H26N2O2/c1-3-17(2)8-10-19(11-9-17)16(20)7-12-21-15-6-4-5-14(18)13-15/h4-6,13H,3,7-12,18H2,1-2H3. The van der Waals surface area contributed by atoms with Crippen molar-refractivity contribution in [1.29, 1.82) is 0 Å². The number of hydrogen-bond acceptors (Lipinski definition) is 3. The van der Waals surface area contributed by atoms with Crippen molar-refractivity contribution in [3.63, 3.8) is 0 Å². The molecule has 1 amide bonds. The molecule has 1 aromatic carbocycles. The molecule has 1 saturated heterocycles. The molecule has 0 aromatic heterocycles. The van der Waals surface area contributed by atoms with Crippen molar-refractivity contribution in [2.75, 3.05) is 25.4 Å². The number of piperidine rings is 1. The molecule has 1 fully saturated rings. The Kier molecular flexibility index (Phi) is 5.10. The molecule has 0 spiro atoms. The molecule has 1 heterocycles. The highest BCUT2D eigenvalue weighted by molar-refractivity contribution is 5.76. The van der Waals surface area contributed by atoms with Gasteiger partial charge < -0.3 is 15.4 Å². The number of carbonyl (C=O) groups excluding carboxylic acids is 1. The fourth-order valence-electron chi connectivity index (χ4n) is 2.67. The third-order valence-corrected chi connectivity index (χ3v) is 4.62. The highest BCUT2D eigenvalue weighted by Crippen LogP contribution is 2.33. The van der Waals surface area contributed by atoms with Gasteiger partial charge in [0.05, 0.1) is 13.0 Å². The monoisotopic (exact) mass is 290 g/mol. The number of nitrogens with zero attached hydrogens (tertiary/aromatic N) is 1. The van der Waals surface area contributed by atoms with Gasteiger partial charge in [0.15, 0.2) is 0 Å². The molecule has 1 aliphatic heterocycles. The number of anilines is 1. The van der Waals surface area contributed by atoms with Crippen LogP contribution in [-0.2, 0) is 4.79 Å². The van der Waals surface area contributed by atoms with Gasteiger partial charge in [-0.15, -0.1) is 0 Å². The minimum absolute atomic E-state index is 0.192. The lowest BCUT2D eigenvalue weighted by Crippen LogP contribution is -2.42. The van der Waals surface area contributed by atoms with E-state index in [9.17, 15) is 4.79 Å². The van der Waals surface area contributed by atoms with E-state index in [0.717, 1.165) is 31.7 Å². The Labute approximate surface area is 127 Å². The molecule has 1 aromatic rings. The lowest BCUT2D eigenvalue weighted by molar-refractivity contribution is -0.133. The first-order chi connectivity index (χ1) is 10.0. The molecule has 0 aliphatic carbocycles. The van der Waals surface area contributed by atoms with Crippen molar-refractivity contribution in [3.05, 3.63) is 24.3 Å². The maximum absolute atomic E-state index is 12.2. The normalized spacial score (nSPS) is 17.5. The van der Waals surface area contributed by atoms with Crippen LogP contribution in [0.25, 0.3) is 0 Å². The predicted octanol–water partition coefficient (Wildman–Crippen LogP) is 3.08. The summed E-state index contributed by atoms with van der Waals surface area (Å²) in [6.07, 6.45) is 3.82. The van der Waals surface area contributed by atoms with Crippen molar-refractivity contribution in [2.45, 2.75) is 39.5 Å². The van der Waals surface area contributed by atoms with Crippen LogP contribution in [0.4, 0.5) is 5.69 Å². The van der Waals surface area contributed by atoms with E-state index in [1.54, 1.807) is 6.07 Å². The summed E-state index contributed by atoms with van der Waals surface area (Å²) in [5, 5.41) is 0. The summed E-state index contributed by atoms with van der Waals surface area (Å²) in [5.41, 5.74) is 6.78. The Balaban J connectivity index is 1.73. The number of nitrogens with two attached hydrogens (primary N) is 1. The fraction of sp³-hybridized carbons (Fsp3) is 0.588. The summed E-state index contributed by atoms with van der Waals surface area (Å²) >= 11 is 0. The van der Waals surface area contributed by atoms with Crippen LogP contribution in [0.1, 0.15) is 39.5 Å². The molecule has 2 rings (SSSR count). The van der Waals surface area contributed by atoms with E-state index >= 15 is 0 Å². The van der Waals surface area contributed by atoms with Gasteiger partial charge >= 0.3 is 0 Å². The van der Waals surface area contributed by atoms with Crippen molar-refractivity contribution < 1.29 is 9.53 Å². The van der Waals surface area contributed by atoms with Crippen LogP contribution in [0.15, 0.2) is 24.3 Å². The van der Waals surface area contributed by atoms with E-state index in [4.69, 9.17) is 10.5 Å². The second kappa shape index (κ2) is 6.83. The minimum atomic E-state index is 0.192. The average Bonchev–Trinajstić information content (AvgIpc) is 2.48.